The van der Waals surface area contributed by atoms with Crippen LogP contribution >= 0.6 is 0 Å². The number of carbonyl (C=O) groups excluding carboxylic acids is 1. The van der Waals surface area contributed by atoms with Crippen LogP contribution < -0.4 is 5.32 Å². The van der Waals surface area contributed by atoms with Gasteiger partial charge in [-0.1, -0.05) is 46.5 Å². The predicted octanol–water partition coefficient (Wildman–Crippen LogP) is 3.40. The third kappa shape index (κ3) is 5.21. The van der Waals surface area contributed by atoms with E-state index in [1.165, 1.54) is 0 Å². The Balaban J connectivity index is 4.37. The number of hydrogen-bond acceptors (Lipinski definition) is 2. The van der Waals surface area contributed by atoms with Gasteiger partial charge in [-0.15, -0.1) is 0 Å². The number of nitriles is 1. The minimum Gasteiger partial charge on any atom is -0.355 e. The zero-order valence-electron chi connectivity index (χ0n) is 11.5. The summed E-state index contributed by atoms with van der Waals surface area (Å²) < 4.78 is 0. The first-order valence-corrected chi connectivity index (χ1v) is 6.86. The molecule has 0 unspecified atom stereocenters. The van der Waals surface area contributed by atoms with E-state index in [1.54, 1.807) is 0 Å². The predicted molar refractivity (Wildman–Crippen MR) is 70.4 cm³/mol. The van der Waals surface area contributed by atoms with E-state index in [4.69, 9.17) is 0 Å². The molecular weight excluding hydrogens is 212 g/mol. The fourth-order valence-corrected chi connectivity index (χ4v) is 2.11. The van der Waals surface area contributed by atoms with Crippen LogP contribution in [0.5, 0.6) is 0 Å². The average molecular weight is 238 g/mol. The van der Waals surface area contributed by atoms with E-state index in [-0.39, 0.29) is 5.91 Å². The summed E-state index contributed by atoms with van der Waals surface area (Å²) in [6, 6.07) is 2.25. The lowest BCUT2D eigenvalue weighted by atomic mass is 9.80. The van der Waals surface area contributed by atoms with E-state index in [0.29, 0.717) is 19.4 Å². The monoisotopic (exact) mass is 238 g/mol. The van der Waals surface area contributed by atoms with Crippen LogP contribution in [0.15, 0.2) is 0 Å². The quantitative estimate of drug-likeness (QED) is 0.626. The van der Waals surface area contributed by atoms with Gasteiger partial charge in [-0.25, -0.2) is 0 Å². The molecule has 0 fully saturated rings. The fraction of sp³-hybridized carbons (Fsp3) is 0.857. The molecule has 0 saturated heterocycles. The number of unbranched alkanes of at least 4 members (excludes halogenated alkanes) is 2. The van der Waals surface area contributed by atoms with Crippen LogP contribution in [-0.4, -0.2) is 12.5 Å². The Bertz CT molecular complexity index is 249. The van der Waals surface area contributed by atoms with E-state index in [9.17, 15) is 10.1 Å². The molecule has 0 aromatic rings. The first kappa shape index (κ1) is 16.0. The summed E-state index contributed by atoms with van der Waals surface area (Å²) in [4.78, 5) is 12.1. The van der Waals surface area contributed by atoms with Crippen molar-refractivity contribution in [1.82, 2.24) is 5.32 Å². The Morgan fingerprint density at radius 3 is 2.12 bits per heavy atom. The number of carbonyl (C=O) groups is 1. The molecule has 0 rings (SSSR count). The van der Waals surface area contributed by atoms with Gasteiger partial charge in [0.15, 0.2) is 0 Å². The van der Waals surface area contributed by atoms with E-state index >= 15 is 0 Å². The summed E-state index contributed by atoms with van der Waals surface area (Å²) in [5.74, 6) is -0.0696. The molecule has 0 aromatic carbocycles. The van der Waals surface area contributed by atoms with Crippen molar-refractivity contribution in [2.45, 2.75) is 65.7 Å². The van der Waals surface area contributed by atoms with Gasteiger partial charge in [-0.2, -0.15) is 5.26 Å². The molecule has 3 heteroatoms. The smallest absolute Gasteiger partial charge is 0.240 e. The van der Waals surface area contributed by atoms with Gasteiger partial charge in [0.25, 0.3) is 0 Å². The van der Waals surface area contributed by atoms with Crippen molar-refractivity contribution in [3.8, 4) is 6.07 Å². The maximum atomic E-state index is 12.1. The van der Waals surface area contributed by atoms with Crippen molar-refractivity contribution in [3.63, 3.8) is 0 Å². The van der Waals surface area contributed by atoms with Crippen LogP contribution in [0.1, 0.15) is 65.7 Å². The van der Waals surface area contributed by atoms with Crippen molar-refractivity contribution in [3.05, 3.63) is 0 Å². The van der Waals surface area contributed by atoms with Crippen molar-refractivity contribution < 1.29 is 4.79 Å². The van der Waals surface area contributed by atoms with Gasteiger partial charge in [-0.05, 0) is 19.3 Å². The number of hydrogen-bond donors (Lipinski definition) is 1. The number of rotatable bonds is 9. The summed E-state index contributed by atoms with van der Waals surface area (Å²) in [6.07, 6.45) is 6.34. The first-order valence-electron chi connectivity index (χ1n) is 6.86. The van der Waals surface area contributed by atoms with E-state index in [1.807, 2.05) is 13.8 Å². The Morgan fingerprint density at radius 2 is 1.71 bits per heavy atom. The normalized spacial score (nSPS) is 10.9. The van der Waals surface area contributed by atoms with Crippen molar-refractivity contribution in [2.24, 2.45) is 5.41 Å². The summed E-state index contributed by atoms with van der Waals surface area (Å²) in [7, 11) is 0. The number of nitrogens with one attached hydrogen (secondary N) is 1. The minimum atomic E-state index is -0.796. The summed E-state index contributed by atoms with van der Waals surface area (Å²) in [5, 5.41) is 12.2. The lowest BCUT2D eigenvalue weighted by Crippen LogP contribution is -2.40. The van der Waals surface area contributed by atoms with Crippen LogP contribution in [0.4, 0.5) is 0 Å². The molecule has 3 nitrogen and oxygen atoms in total. The summed E-state index contributed by atoms with van der Waals surface area (Å²) in [6.45, 7) is 6.87. The van der Waals surface area contributed by atoms with Gasteiger partial charge in [-0.3, -0.25) is 4.79 Å². The molecule has 98 valence electrons. The Labute approximate surface area is 106 Å². The molecule has 0 radical (unpaired) electrons. The van der Waals surface area contributed by atoms with Gasteiger partial charge in [0, 0.05) is 6.54 Å². The third-order valence-electron chi connectivity index (χ3n) is 3.07. The maximum Gasteiger partial charge on any atom is 0.240 e. The Hall–Kier alpha value is -1.04. The zero-order chi connectivity index (χ0) is 13.1. The molecule has 0 aromatic heterocycles. The summed E-state index contributed by atoms with van der Waals surface area (Å²) >= 11 is 0. The van der Waals surface area contributed by atoms with E-state index in [0.717, 1.165) is 32.1 Å². The molecule has 1 amide bonds. The molecule has 0 bridgehead atoms. The molecule has 0 heterocycles. The van der Waals surface area contributed by atoms with Gasteiger partial charge in [0.2, 0.25) is 5.91 Å². The van der Waals surface area contributed by atoms with Crippen molar-refractivity contribution in [2.75, 3.05) is 6.54 Å². The largest absolute Gasteiger partial charge is 0.355 e. The number of nitrogens with zero attached hydrogens (tertiary/aromatic N) is 1. The second-order valence-electron chi connectivity index (χ2n) is 4.66. The standard InChI is InChI=1S/C14H26N2O/c1-4-7-8-11-16-13(17)14(12-15,9-5-2)10-6-3/h4-11H2,1-3H3,(H,16,17). The highest BCUT2D eigenvalue weighted by Gasteiger charge is 2.36. The maximum absolute atomic E-state index is 12.1. The second-order valence-corrected chi connectivity index (χ2v) is 4.66. The highest BCUT2D eigenvalue weighted by atomic mass is 16.2. The molecular formula is C14H26N2O. The van der Waals surface area contributed by atoms with Crippen LogP contribution in [0.2, 0.25) is 0 Å². The van der Waals surface area contributed by atoms with Gasteiger partial charge >= 0.3 is 0 Å². The fourth-order valence-electron chi connectivity index (χ4n) is 2.11. The first-order chi connectivity index (χ1) is 8.16. The van der Waals surface area contributed by atoms with Crippen molar-refractivity contribution >= 4 is 5.91 Å². The van der Waals surface area contributed by atoms with E-state index < -0.39 is 5.41 Å². The minimum absolute atomic E-state index is 0.0696. The highest BCUT2D eigenvalue weighted by Crippen LogP contribution is 2.29. The van der Waals surface area contributed by atoms with E-state index in [2.05, 4.69) is 18.3 Å². The van der Waals surface area contributed by atoms with Gasteiger partial charge in [0.05, 0.1) is 6.07 Å². The molecule has 0 spiro atoms. The van der Waals surface area contributed by atoms with Crippen LogP contribution in [0, 0.1) is 16.7 Å². The number of amides is 1. The molecule has 0 aliphatic carbocycles. The molecule has 0 saturated carbocycles. The molecule has 0 aliphatic heterocycles. The molecule has 1 N–H and O–H groups in total. The van der Waals surface area contributed by atoms with Gasteiger partial charge < -0.3 is 5.32 Å². The summed E-state index contributed by atoms with van der Waals surface area (Å²) in [5.41, 5.74) is -0.796. The Kier molecular flexibility index (Phi) is 8.49. The Morgan fingerprint density at radius 1 is 1.12 bits per heavy atom. The van der Waals surface area contributed by atoms with Crippen LogP contribution in [0.25, 0.3) is 0 Å². The van der Waals surface area contributed by atoms with Crippen molar-refractivity contribution in [1.29, 1.82) is 5.26 Å². The lowest BCUT2D eigenvalue weighted by molar-refractivity contribution is -0.128. The molecule has 0 aliphatic rings. The molecule has 0 atom stereocenters. The zero-order valence-corrected chi connectivity index (χ0v) is 11.5. The highest BCUT2D eigenvalue weighted by molar-refractivity contribution is 5.85. The third-order valence-corrected chi connectivity index (χ3v) is 3.07. The topological polar surface area (TPSA) is 52.9 Å². The SMILES string of the molecule is CCCCCNC(=O)C(C#N)(CCC)CCC. The van der Waals surface area contributed by atoms with Crippen LogP contribution in [0.3, 0.4) is 0 Å². The molecule has 17 heavy (non-hydrogen) atoms. The lowest BCUT2D eigenvalue weighted by Gasteiger charge is -2.24. The second kappa shape index (κ2) is 9.04. The average Bonchev–Trinajstić information content (AvgIpc) is 2.34. The van der Waals surface area contributed by atoms with Crippen LogP contribution in [-0.2, 0) is 4.79 Å². The van der Waals surface area contributed by atoms with Gasteiger partial charge in [0.1, 0.15) is 5.41 Å².